The number of carbonyl (C=O) groups is 2. The zero-order valence-corrected chi connectivity index (χ0v) is 11.1. The molecule has 1 heterocycles. The van der Waals surface area contributed by atoms with Crippen LogP contribution >= 0.6 is 0 Å². The van der Waals surface area contributed by atoms with Crippen molar-refractivity contribution in [1.82, 2.24) is 10.2 Å². The molecule has 0 radical (unpaired) electrons. The van der Waals surface area contributed by atoms with Gasteiger partial charge in [-0.05, 0) is 39.7 Å². The number of carboxylic acids is 1. The summed E-state index contributed by atoms with van der Waals surface area (Å²) in [6, 6.07) is 0.562. The van der Waals surface area contributed by atoms with Gasteiger partial charge in [0.2, 0.25) is 5.91 Å². The molecule has 2 atom stereocenters. The fraction of sp³-hybridized carbons (Fsp3) is 0.846. The number of rotatable bonds is 3. The summed E-state index contributed by atoms with van der Waals surface area (Å²) >= 11 is 0. The predicted octanol–water partition coefficient (Wildman–Crippen LogP) is 0.840. The van der Waals surface area contributed by atoms with E-state index in [1.807, 2.05) is 0 Å². The Morgan fingerprint density at radius 1 is 1.39 bits per heavy atom. The van der Waals surface area contributed by atoms with E-state index in [-0.39, 0.29) is 11.9 Å². The van der Waals surface area contributed by atoms with E-state index in [9.17, 15) is 14.7 Å². The van der Waals surface area contributed by atoms with Crippen LogP contribution in [0, 0.1) is 5.41 Å². The first-order valence-corrected chi connectivity index (χ1v) is 6.70. The lowest BCUT2D eigenvalue weighted by Gasteiger charge is -2.40. The Hall–Kier alpha value is -1.10. The van der Waals surface area contributed by atoms with Crippen molar-refractivity contribution in [2.24, 2.45) is 5.41 Å². The van der Waals surface area contributed by atoms with E-state index < -0.39 is 11.4 Å². The average Bonchev–Trinajstić information content (AvgIpc) is 2.21. The summed E-state index contributed by atoms with van der Waals surface area (Å²) in [6.07, 6.45) is 3.61. The van der Waals surface area contributed by atoms with Crippen molar-refractivity contribution in [2.75, 3.05) is 13.6 Å². The van der Waals surface area contributed by atoms with Gasteiger partial charge >= 0.3 is 5.97 Å². The Balaban J connectivity index is 1.93. The van der Waals surface area contributed by atoms with Crippen LogP contribution in [0.15, 0.2) is 0 Å². The average molecular weight is 254 g/mol. The highest BCUT2D eigenvalue weighted by Gasteiger charge is 2.51. The molecule has 0 spiro atoms. The molecule has 0 bridgehead atoms. The number of piperidine rings is 1. The van der Waals surface area contributed by atoms with E-state index in [2.05, 4.69) is 24.2 Å². The zero-order valence-electron chi connectivity index (χ0n) is 11.1. The zero-order chi connectivity index (χ0) is 13.3. The molecule has 0 aromatic carbocycles. The molecule has 2 N–H and O–H groups in total. The maximum absolute atomic E-state index is 12.1. The minimum absolute atomic E-state index is 0.125. The van der Waals surface area contributed by atoms with Crippen LogP contribution in [-0.2, 0) is 9.59 Å². The molecule has 102 valence electrons. The second kappa shape index (κ2) is 4.88. The molecule has 5 nitrogen and oxygen atoms in total. The maximum Gasteiger partial charge on any atom is 0.319 e. The van der Waals surface area contributed by atoms with E-state index >= 15 is 0 Å². The molecule has 2 fully saturated rings. The molecule has 2 aliphatic rings. The number of carboxylic acid groups (broad SMARTS) is 1. The van der Waals surface area contributed by atoms with Gasteiger partial charge in [0, 0.05) is 18.6 Å². The van der Waals surface area contributed by atoms with Gasteiger partial charge in [0.1, 0.15) is 5.41 Å². The summed E-state index contributed by atoms with van der Waals surface area (Å²) in [5.41, 5.74) is -1.13. The van der Waals surface area contributed by atoms with Gasteiger partial charge in [0.25, 0.3) is 0 Å². The molecule has 1 saturated carbocycles. The van der Waals surface area contributed by atoms with Crippen molar-refractivity contribution in [3.05, 3.63) is 0 Å². The third-order valence-electron chi connectivity index (χ3n) is 4.59. The summed E-state index contributed by atoms with van der Waals surface area (Å²) in [4.78, 5) is 25.6. The van der Waals surface area contributed by atoms with Crippen molar-refractivity contribution < 1.29 is 14.7 Å². The third kappa shape index (κ3) is 2.23. The highest BCUT2D eigenvalue weighted by molar-refractivity contribution is 6.02. The van der Waals surface area contributed by atoms with Crippen LogP contribution in [-0.4, -0.2) is 47.6 Å². The molecule has 0 aromatic heterocycles. The predicted molar refractivity (Wildman–Crippen MR) is 67.2 cm³/mol. The Labute approximate surface area is 108 Å². The lowest BCUT2D eigenvalue weighted by molar-refractivity contribution is -0.162. The van der Waals surface area contributed by atoms with Crippen molar-refractivity contribution in [2.45, 2.75) is 51.1 Å². The van der Waals surface area contributed by atoms with E-state index in [0.717, 1.165) is 25.8 Å². The van der Waals surface area contributed by atoms with Gasteiger partial charge in [-0.2, -0.15) is 0 Å². The molecule has 1 aliphatic carbocycles. The first-order chi connectivity index (χ1) is 8.45. The Bertz CT molecular complexity index is 352. The molecule has 5 heteroatoms. The van der Waals surface area contributed by atoms with Gasteiger partial charge in [0.05, 0.1) is 0 Å². The van der Waals surface area contributed by atoms with Crippen LogP contribution < -0.4 is 5.32 Å². The van der Waals surface area contributed by atoms with Gasteiger partial charge in [-0.1, -0.05) is 6.42 Å². The molecular formula is C13H22N2O3. The first-order valence-electron chi connectivity index (χ1n) is 6.70. The number of nitrogens with zero attached hydrogens (tertiary/aromatic N) is 1. The topological polar surface area (TPSA) is 69.6 Å². The highest BCUT2D eigenvalue weighted by atomic mass is 16.4. The Morgan fingerprint density at radius 2 is 2.06 bits per heavy atom. The number of aliphatic carboxylic acids is 1. The Morgan fingerprint density at radius 3 is 2.50 bits per heavy atom. The van der Waals surface area contributed by atoms with Crippen molar-refractivity contribution in [3.8, 4) is 0 Å². The van der Waals surface area contributed by atoms with Gasteiger partial charge in [-0.3, -0.25) is 9.59 Å². The molecule has 2 rings (SSSR count). The van der Waals surface area contributed by atoms with Gasteiger partial charge in [0.15, 0.2) is 0 Å². The summed E-state index contributed by atoms with van der Waals surface area (Å²) < 4.78 is 0. The number of amides is 1. The van der Waals surface area contributed by atoms with Crippen LogP contribution in [0.5, 0.6) is 0 Å². The minimum Gasteiger partial charge on any atom is -0.480 e. The normalized spacial score (nSPS) is 31.4. The molecule has 2 unspecified atom stereocenters. The second-order valence-electron chi connectivity index (χ2n) is 5.77. The van der Waals surface area contributed by atoms with Crippen LogP contribution in [0.25, 0.3) is 0 Å². The third-order valence-corrected chi connectivity index (χ3v) is 4.59. The van der Waals surface area contributed by atoms with Gasteiger partial charge < -0.3 is 15.3 Å². The lowest BCUT2D eigenvalue weighted by atomic mass is 9.68. The molecule has 0 aromatic rings. The summed E-state index contributed by atoms with van der Waals surface area (Å²) in [6.45, 7) is 3.08. The summed E-state index contributed by atoms with van der Waals surface area (Å²) in [5.74, 6) is -1.24. The molecule has 1 amide bonds. The van der Waals surface area contributed by atoms with E-state index in [1.165, 1.54) is 0 Å². The van der Waals surface area contributed by atoms with E-state index in [1.54, 1.807) is 0 Å². The van der Waals surface area contributed by atoms with Gasteiger partial charge in [-0.15, -0.1) is 0 Å². The summed E-state index contributed by atoms with van der Waals surface area (Å²) in [5, 5.41) is 12.2. The highest BCUT2D eigenvalue weighted by Crippen LogP contribution is 2.41. The maximum atomic E-state index is 12.1. The molecule has 1 aliphatic heterocycles. The number of nitrogens with one attached hydrogen (secondary N) is 1. The number of likely N-dealkylation sites (tertiary alicyclic amines) is 1. The largest absolute Gasteiger partial charge is 0.480 e. The second-order valence-corrected chi connectivity index (χ2v) is 5.77. The van der Waals surface area contributed by atoms with E-state index in [0.29, 0.717) is 18.9 Å². The smallest absolute Gasteiger partial charge is 0.319 e. The van der Waals surface area contributed by atoms with Crippen LogP contribution in [0.4, 0.5) is 0 Å². The summed E-state index contributed by atoms with van der Waals surface area (Å²) in [7, 11) is 2.08. The molecular weight excluding hydrogens is 232 g/mol. The fourth-order valence-electron chi connectivity index (χ4n) is 2.81. The standard InChI is InChI=1S/C13H22N2O3/c1-9-8-10(4-7-15(9)2)14-11(16)13(12(17)18)5-3-6-13/h9-10H,3-8H2,1-2H3,(H,14,16)(H,17,18). The quantitative estimate of drug-likeness (QED) is 0.732. The molecule has 18 heavy (non-hydrogen) atoms. The van der Waals surface area contributed by atoms with Crippen molar-refractivity contribution in [1.29, 1.82) is 0 Å². The number of carbonyl (C=O) groups excluding carboxylic acids is 1. The van der Waals surface area contributed by atoms with E-state index in [4.69, 9.17) is 0 Å². The molecule has 1 saturated heterocycles. The number of hydrogen-bond donors (Lipinski definition) is 2. The lowest BCUT2D eigenvalue weighted by Crippen LogP contribution is -2.55. The fourth-order valence-corrected chi connectivity index (χ4v) is 2.81. The van der Waals surface area contributed by atoms with Crippen LogP contribution in [0.1, 0.15) is 39.0 Å². The minimum atomic E-state index is -1.13. The SMILES string of the molecule is CC1CC(NC(=O)C2(C(=O)O)CCC2)CCN1C. The van der Waals surface area contributed by atoms with Crippen molar-refractivity contribution >= 4 is 11.9 Å². The van der Waals surface area contributed by atoms with Crippen molar-refractivity contribution in [3.63, 3.8) is 0 Å². The van der Waals surface area contributed by atoms with Crippen LogP contribution in [0.2, 0.25) is 0 Å². The monoisotopic (exact) mass is 254 g/mol. The number of hydrogen-bond acceptors (Lipinski definition) is 3. The first kappa shape index (κ1) is 13.3. The Kier molecular flexibility index (Phi) is 3.61. The van der Waals surface area contributed by atoms with Gasteiger partial charge in [-0.25, -0.2) is 0 Å². The van der Waals surface area contributed by atoms with Crippen LogP contribution in [0.3, 0.4) is 0 Å².